The fourth-order valence-corrected chi connectivity index (χ4v) is 4.82. The van der Waals surface area contributed by atoms with Crippen LogP contribution in [0.4, 0.5) is 5.69 Å². The number of aromatic nitrogens is 1. The number of amides is 2. The zero-order valence-corrected chi connectivity index (χ0v) is 20.1. The molecule has 4 rings (SSSR count). The third-order valence-corrected chi connectivity index (χ3v) is 6.77. The molecule has 0 aliphatic carbocycles. The molecule has 1 fully saturated rings. The number of carbonyl (C=O) groups is 2. The summed E-state index contributed by atoms with van der Waals surface area (Å²) in [4.78, 5) is 34.7. The van der Waals surface area contributed by atoms with E-state index < -0.39 is 0 Å². The lowest BCUT2D eigenvalue weighted by atomic mass is 10.0. The highest BCUT2D eigenvalue weighted by Gasteiger charge is 2.22. The number of hydrogen-bond donors (Lipinski definition) is 2. The van der Waals surface area contributed by atoms with E-state index in [0.717, 1.165) is 56.7 Å². The molecule has 0 atom stereocenters. The molecule has 7 nitrogen and oxygen atoms in total. The molecule has 7 heteroatoms. The predicted molar refractivity (Wildman–Crippen MR) is 135 cm³/mol. The van der Waals surface area contributed by atoms with Gasteiger partial charge in [-0.15, -0.1) is 0 Å². The molecule has 0 saturated carbocycles. The second-order valence-electron chi connectivity index (χ2n) is 9.29. The molecule has 0 bridgehead atoms. The molecule has 34 heavy (non-hydrogen) atoms. The Labute approximate surface area is 202 Å². The minimum atomic E-state index is -0.0554. The molecule has 2 aliphatic heterocycles. The van der Waals surface area contributed by atoms with Crippen molar-refractivity contribution >= 4 is 17.5 Å². The first-order valence-electron chi connectivity index (χ1n) is 12.8. The predicted octanol–water partition coefficient (Wildman–Crippen LogP) is 3.61. The summed E-state index contributed by atoms with van der Waals surface area (Å²) in [7, 11) is 0. The fourth-order valence-electron chi connectivity index (χ4n) is 4.82. The summed E-state index contributed by atoms with van der Waals surface area (Å²) < 4.78 is 0. The van der Waals surface area contributed by atoms with Gasteiger partial charge in [-0.25, -0.2) is 0 Å². The van der Waals surface area contributed by atoms with Crippen molar-refractivity contribution in [2.24, 2.45) is 0 Å². The van der Waals surface area contributed by atoms with E-state index in [0.29, 0.717) is 30.8 Å². The molecule has 2 aliphatic rings. The summed E-state index contributed by atoms with van der Waals surface area (Å²) in [6.45, 7) is 6.03. The average Bonchev–Trinajstić information content (AvgIpc) is 3.38. The summed E-state index contributed by atoms with van der Waals surface area (Å²) in [6, 6.07) is 9.27. The highest BCUT2D eigenvalue weighted by molar-refractivity contribution is 6.06. The zero-order chi connectivity index (χ0) is 23.6. The van der Waals surface area contributed by atoms with Gasteiger partial charge in [-0.1, -0.05) is 19.3 Å². The number of carbonyl (C=O) groups excluding carboxylic acids is 2. The van der Waals surface area contributed by atoms with Crippen LogP contribution in [-0.2, 0) is 6.54 Å². The minimum absolute atomic E-state index is 0.0245. The SMILES string of the molecule is O=C(NCCN1CCCC1)c1ccc2c(c1)CNCCCCCCCN2C(=O)c1ccncc1. The van der Waals surface area contributed by atoms with E-state index in [1.54, 1.807) is 24.5 Å². The highest BCUT2D eigenvalue weighted by atomic mass is 16.2. The van der Waals surface area contributed by atoms with Gasteiger partial charge >= 0.3 is 0 Å². The number of nitrogens with one attached hydrogen (secondary N) is 2. The van der Waals surface area contributed by atoms with Crippen LogP contribution < -0.4 is 15.5 Å². The van der Waals surface area contributed by atoms with Gasteiger partial charge in [-0.2, -0.15) is 0 Å². The Balaban J connectivity index is 1.54. The Morgan fingerprint density at radius 3 is 2.44 bits per heavy atom. The summed E-state index contributed by atoms with van der Waals surface area (Å²) in [5.41, 5.74) is 3.13. The van der Waals surface area contributed by atoms with E-state index in [1.165, 1.54) is 25.7 Å². The van der Waals surface area contributed by atoms with Gasteiger partial charge in [0.2, 0.25) is 0 Å². The van der Waals surface area contributed by atoms with Gasteiger partial charge in [-0.05, 0) is 81.2 Å². The minimum Gasteiger partial charge on any atom is -0.351 e. The molecular weight excluding hydrogens is 426 g/mol. The molecule has 1 aromatic carbocycles. The van der Waals surface area contributed by atoms with Crippen molar-refractivity contribution < 1.29 is 9.59 Å². The van der Waals surface area contributed by atoms with Crippen LogP contribution in [-0.4, -0.2) is 61.0 Å². The zero-order valence-electron chi connectivity index (χ0n) is 20.1. The molecule has 1 saturated heterocycles. The summed E-state index contributed by atoms with van der Waals surface area (Å²) in [5, 5.41) is 6.59. The van der Waals surface area contributed by atoms with Crippen molar-refractivity contribution in [2.75, 3.05) is 44.2 Å². The standard InChI is InChI=1S/C27H37N5O2/c33-26(30-15-19-31-16-6-7-17-31)23-8-9-25-24(20-23)21-29-12-4-2-1-3-5-18-32(25)27(34)22-10-13-28-14-11-22/h8-11,13-14,20,29H,1-7,12,15-19,21H2,(H,30,33). The maximum atomic E-state index is 13.5. The van der Waals surface area contributed by atoms with Gasteiger partial charge < -0.3 is 20.4 Å². The van der Waals surface area contributed by atoms with Crippen molar-refractivity contribution in [2.45, 2.75) is 51.5 Å². The number of hydrogen-bond acceptors (Lipinski definition) is 5. The van der Waals surface area contributed by atoms with Crippen LogP contribution in [0.2, 0.25) is 0 Å². The lowest BCUT2D eigenvalue weighted by Crippen LogP contribution is -2.35. The topological polar surface area (TPSA) is 77.6 Å². The number of rotatable bonds is 5. The van der Waals surface area contributed by atoms with Crippen LogP contribution in [0.5, 0.6) is 0 Å². The largest absolute Gasteiger partial charge is 0.351 e. The van der Waals surface area contributed by atoms with Gasteiger partial charge in [0.25, 0.3) is 11.8 Å². The fraction of sp³-hybridized carbons (Fsp3) is 0.519. The Morgan fingerprint density at radius 1 is 0.882 bits per heavy atom. The maximum Gasteiger partial charge on any atom is 0.258 e. The molecule has 0 radical (unpaired) electrons. The van der Waals surface area contributed by atoms with Gasteiger partial charge in [0.1, 0.15) is 0 Å². The van der Waals surface area contributed by atoms with Crippen LogP contribution in [0.3, 0.4) is 0 Å². The molecule has 0 spiro atoms. The summed E-state index contributed by atoms with van der Waals surface area (Å²) >= 11 is 0. The van der Waals surface area contributed by atoms with Crippen molar-refractivity contribution in [3.05, 3.63) is 59.4 Å². The second kappa shape index (κ2) is 12.6. The van der Waals surface area contributed by atoms with Crippen LogP contribution >= 0.6 is 0 Å². The average molecular weight is 464 g/mol. The molecule has 1 aromatic heterocycles. The second-order valence-corrected chi connectivity index (χ2v) is 9.29. The molecule has 2 aromatic rings. The first-order valence-corrected chi connectivity index (χ1v) is 12.8. The highest BCUT2D eigenvalue weighted by Crippen LogP contribution is 2.26. The van der Waals surface area contributed by atoms with Crippen molar-refractivity contribution in [1.82, 2.24) is 20.5 Å². The smallest absolute Gasteiger partial charge is 0.258 e. The van der Waals surface area contributed by atoms with Crippen LogP contribution in [0.25, 0.3) is 0 Å². The molecule has 182 valence electrons. The van der Waals surface area contributed by atoms with Gasteiger partial charge in [-0.3, -0.25) is 14.6 Å². The monoisotopic (exact) mass is 463 g/mol. The Morgan fingerprint density at radius 2 is 1.62 bits per heavy atom. The lowest BCUT2D eigenvalue weighted by molar-refractivity contribution is 0.0948. The number of benzene rings is 1. The molecule has 2 N–H and O–H groups in total. The molecule has 2 amide bonds. The number of likely N-dealkylation sites (tertiary alicyclic amines) is 1. The maximum absolute atomic E-state index is 13.5. The molecular formula is C27H37N5O2. The van der Waals surface area contributed by atoms with Crippen LogP contribution in [0, 0.1) is 0 Å². The lowest BCUT2D eigenvalue weighted by Gasteiger charge is -2.27. The summed E-state index contributed by atoms with van der Waals surface area (Å²) in [6.07, 6.45) is 11.4. The number of nitrogens with zero attached hydrogens (tertiary/aromatic N) is 3. The van der Waals surface area contributed by atoms with E-state index >= 15 is 0 Å². The van der Waals surface area contributed by atoms with E-state index in [-0.39, 0.29) is 11.8 Å². The van der Waals surface area contributed by atoms with Gasteiger partial charge in [0.15, 0.2) is 0 Å². The third-order valence-electron chi connectivity index (χ3n) is 6.77. The first-order chi connectivity index (χ1) is 16.7. The molecule has 0 unspecified atom stereocenters. The van der Waals surface area contributed by atoms with Crippen molar-refractivity contribution in [3.63, 3.8) is 0 Å². The number of pyridine rings is 1. The summed E-state index contributed by atoms with van der Waals surface area (Å²) in [5.74, 6) is -0.0800. The quantitative estimate of drug-likeness (QED) is 0.708. The Hall–Kier alpha value is -2.77. The Kier molecular flexibility index (Phi) is 9.04. The van der Waals surface area contributed by atoms with Crippen molar-refractivity contribution in [3.8, 4) is 0 Å². The normalized spacial score (nSPS) is 17.9. The van der Waals surface area contributed by atoms with E-state index in [4.69, 9.17) is 0 Å². The third kappa shape index (κ3) is 6.64. The van der Waals surface area contributed by atoms with Crippen molar-refractivity contribution in [1.29, 1.82) is 0 Å². The Bertz CT molecular complexity index is 943. The van der Waals surface area contributed by atoms with Gasteiger partial charge in [0, 0.05) is 55.4 Å². The molecule has 3 heterocycles. The van der Waals surface area contributed by atoms with E-state index in [2.05, 4.69) is 20.5 Å². The van der Waals surface area contributed by atoms with E-state index in [1.807, 2.05) is 23.1 Å². The number of fused-ring (bicyclic) bond motifs is 1. The van der Waals surface area contributed by atoms with Crippen LogP contribution in [0.1, 0.15) is 71.2 Å². The number of anilines is 1. The van der Waals surface area contributed by atoms with Crippen LogP contribution in [0.15, 0.2) is 42.7 Å². The van der Waals surface area contributed by atoms with E-state index in [9.17, 15) is 9.59 Å². The van der Waals surface area contributed by atoms with Gasteiger partial charge in [0.05, 0.1) is 0 Å². The first kappa shape index (κ1) is 24.4.